The number of nitrogens with two attached hydrogens (primary N) is 1. The van der Waals surface area contributed by atoms with E-state index in [0.29, 0.717) is 12.0 Å². The molecule has 2 atom stereocenters. The van der Waals surface area contributed by atoms with Gasteiger partial charge in [0.05, 0.1) is 7.11 Å². The van der Waals surface area contributed by atoms with Gasteiger partial charge in [0, 0.05) is 6.04 Å². The van der Waals surface area contributed by atoms with E-state index >= 15 is 0 Å². The van der Waals surface area contributed by atoms with Gasteiger partial charge < -0.3 is 10.5 Å². The molecule has 0 radical (unpaired) electrons. The normalized spacial score (nSPS) is 27.4. The summed E-state index contributed by atoms with van der Waals surface area (Å²) in [5.74, 6) is 1.63. The van der Waals surface area contributed by atoms with Crippen LogP contribution in [0.4, 0.5) is 0 Å². The zero-order chi connectivity index (χ0) is 11.1. The van der Waals surface area contributed by atoms with Crippen molar-refractivity contribution in [2.24, 2.45) is 5.73 Å². The van der Waals surface area contributed by atoms with Gasteiger partial charge in [0.2, 0.25) is 0 Å². The van der Waals surface area contributed by atoms with Gasteiger partial charge in [0.15, 0.2) is 0 Å². The molecule has 2 nitrogen and oxygen atoms in total. The van der Waals surface area contributed by atoms with E-state index in [1.165, 1.54) is 30.4 Å². The van der Waals surface area contributed by atoms with E-state index in [1.54, 1.807) is 12.7 Å². The predicted molar refractivity (Wildman–Crippen MR) is 65.0 cm³/mol. The predicted octanol–water partition coefficient (Wildman–Crippen LogP) is 2.39. The van der Waals surface area contributed by atoms with E-state index in [1.807, 2.05) is 0 Å². The Labute approximate surface area is 96.8 Å². The Hall–Kier alpha value is -1.02. The van der Waals surface area contributed by atoms with Gasteiger partial charge in [-0.25, -0.2) is 0 Å². The minimum absolute atomic E-state index is 0.375. The number of rotatable bonds is 1. The number of ether oxygens (including phenoxy) is 1. The van der Waals surface area contributed by atoms with Crippen LogP contribution in [-0.4, -0.2) is 13.2 Å². The Bertz CT molecular complexity index is 396. The number of hydrogen-bond donors (Lipinski definition) is 1. The standard InChI is InChI=1S/C14H19NO/c1-16-11-7-9-3-2-4-12-13(15)6-5-10(8-11)14(9)12/h7-8,12-13H,2-6,15H2,1H3. The van der Waals surface area contributed by atoms with E-state index in [-0.39, 0.29) is 0 Å². The lowest BCUT2D eigenvalue weighted by Crippen LogP contribution is -2.35. The van der Waals surface area contributed by atoms with Crippen LogP contribution < -0.4 is 10.5 Å². The van der Waals surface area contributed by atoms with Crippen molar-refractivity contribution < 1.29 is 4.74 Å². The third kappa shape index (κ3) is 1.44. The van der Waals surface area contributed by atoms with Crippen LogP contribution >= 0.6 is 0 Å². The Morgan fingerprint density at radius 2 is 1.94 bits per heavy atom. The van der Waals surface area contributed by atoms with Gasteiger partial charge in [-0.3, -0.25) is 0 Å². The summed E-state index contributed by atoms with van der Waals surface area (Å²) in [6.45, 7) is 0. The first kappa shape index (κ1) is 10.2. The molecule has 2 N–H and O–H groups in total. The molecule has 1 aromatic carbocycles. The van der Waals surface area contributed by atoms with Crippen molar-refractivity contribution in [2.75, 3.05) is 7.11 Å². The van der Waals surface area contributed by atoms with Crippen molar-refractivity contribution in [1.29, 1.82) is 0 Å². The Morgan fingerprint density at radius 3 is 2.69 bits per heavy atom. The topological polar surface area (TPSA) is 35.2 Å². The molecule has 2 unspecified atom stereocenters. The Morgan fingerprint density at radius 1 is 1.19 bits per heavy atom. The molecule has 1 aromatic rings. The third-order valence-corrected chi connectivity index (χ3v) is 4.16. The summed E-state index contributed by atoms with van der Waals surface area (Å²) in [7, 11) is 1.75. The molecule has 0 saturated carbocycles. The van der Waals surface area contributed by atoms with E-state index in [0.717, 1.165) is 18.6 Å². The maximum atomic E-state index is 6.25. The van der Waals surface area contributed by atoms with E-state index < -0.39 is 0 Å². The molecule has 0 aromatic heterocycles. The van der Waals surface area contributed by atoms with Crippen molar-refractivity contribution >= 4 is 0 Å². The highest BCUT2D eigenvalue weighted by atomic mass is 16.5. The van der Waals surface area contributed by atoms with Crippen LogP contribution in [0.15, 0.2) is 12.1 Å². The van der Waals surface area contributed by atoms with Crippen molar-refractivity contribution in [3.63, 3.8) is 0 Å². The average molecular weight is 217 g/mol. The molecule has 0 fully saturated rings. The summed E-state index contributed by atoms with van der Waals surface area (Å²) in [5.41, 5.74) is 10.8. The molecule has 2 heteroatoms. The fourth-order valence-electron chi connectivity index (χ4n) is 3.36. The molecule has 3 rings (SSSR count). The third-order valence-electron chi connectivity index (χ3n) is 4.16. The maximum Gasteiger partial charge on any atom is 0.119 e. The molecule has 0 bridgehead atoms. The van der Waals surface area contributed by atoms with Gasteiger partial charge in [-0.05, 0) is 66.8 Å². The lowest BCUT2D eigenvalue weighted by molar-refractivity contribution is 0.397. The van der Waals surface area contributed by atoms with E-state index in [9.17, 15) is 0 Å². The van der Waals surface area contributed by atoms with Crippen molar-refractivity contribution in [2.45, 2.75) is 44.1 Å². The number of methoxy groups -OCH3 is 1. The van der Waals surface area contributed by atoms with Crippen LogP contribution in [0.1, 0.15) is 41.9 Å². The molecule has 0 amide bonds. The maximum absolute atomic E-state index is 6.25. The fourth-order valence-corrected chi connectivity index (χ4v) is 3.36. The summed E-state index contributed by atoms with van der Waals surface area (Å²) in [6.07, 6.45) is 6.00. The number of benzene rings is 1. The second kappa shape index (κ2) is 3.77. The number of hydrogen-bond acceptors (Lipinski definition) is 2. The molecule has 2 aliphatic rings. The first-order valence-corrected chi connectivity index (χ1v) is 6.25. The SMILES string of the molecule is COc1cc2c3c(c1)CCC(N)C3CCC2. The monoisotopic (exact) mass is 217 g/mol. The average Bonchev–Trinajstić information content (AvgIpc) is 2.33. The largest absolute Gasteiger partial charge is 0.497 e. The lowest BCUT2D eigenvalue weighted by atomic mass is 9.71. The van der Waals surface area contributed by atoms with Gasteiger partial charge in [0.1, 0.15) is 5.75 Å². The smallest absolute Gasteiger partial charge is 0.119 e. The molecule has 16 heavy (non-hydrogen) atoms. The summed E-state index contributed by atoms with van der Waals surface area (Å²) < 4.78 is 5.38. The fraction of sp³-hybridized carbons (Fsp3) is 0.571. The highest BCUT2D eigenvalue weighted by Crippen LogP contribution is 2.42. The van der Waals surface area contributed by atoms with Crippen molar-refractivity contribution in [3.05, 3.63) is 28.8 Å². The van der Waals surface area contributed by atoms with E-state index in [2.05, 4.69) is 12.1 Å². The molecule has 0 heterocycles. The second-order valence-electron chi connectivity index (χ2n) is 5.06. The molecule has 2 aliphatic carbocycles. The molecule has 86 valence electrons. The van der Waals surface area contributed by atoms with Gasteiger partial charge in [-0.2, -0.15) is 0 Å². The molecule has 0 saturated heterocycles. The summed E-state index contributed by atoms with van der Waals surface area (Å²) in [6, 6.07) is 4.80. The summed E-state index contributed by atoms with van der Waals surface area (Å²) >= 11 is 0. The zero-order valence-electron chi connectivity index (χ0n) is 9.83. The minimum atomic E-state index is 0.375. The van der Waals surface area contributed by atoms with Crippen LogP contribution in [0, 0.1) is 0 Å². The molecular weight excluding hydrogens is 198 g/mol. The zero-order valence-corrected chi connectivity index (χ0v) is 9.83. The quantitative estimate of drug-likeness (QED) is 0.784. The molecular formula is C14H19NO. The summed E-state index contributed by atoms with van der Waals surface area (Å²) in [4.78, 5) is 0. The first-order valence-electron chi connectivity index (χ1n) is 6.25. The first-order chi connectivity index (χ1) is 7.79. The van der Waals surface area contributed by atoms with E-state index in [4.69, 9.17) is 10.5 Å². The highest BCUT2D eigenvalue weighted by molar-refractivity contribution is 5.47. The second-order valence-corrected chi connectivity index (χ2v) is 5.06. The Balaban J connectivity index is 2.14. The number of aryl methyl sites for hydroxylation is 2. The van der Waals surface area contributed by atoms with Crippen LogP contribution in [0.25, 0.3) is 0 Å². The van der Waals surface area contributed by atoms with Gasteiger partial charge in [-0.1, -0.05) is 0 Å². The van der Waals surface area contributed by atoms with Gasteiger partial charge in [0.25, 0.3) is 0 Å². The van der Waals surface area contributed by atoms with Gasteiger partial charge >= 0.3 is 0 Å². The van der Waals surface area contributed by atoms with Crippen molar-refractivity contribution in [3.8, 4) is 5.75 Å². The summed E-state index contributed by atoms with van der Waals surface area (Å²) in [5, 5.41) is 0. The van der Waals surface area contributed by atoms with Gasteiger partial charge in [-0.15, -0.1) is 0 Å². The van der Waals surface area contributed by atoms with Crippen LogP contribution in [0.3, 0.4) is 0 Å². The van der Waals surface area contributed by atoms with Crippen LogP contribution in [-0.2, 0) is 12.8 Å². The Kier molecular flexibility index (Phi) is 2.40. The van der Waals surface area contributed by atoms with Crippen LogP contribution in [0.5, 0.6) is 5.75 Å². The lowest BCUT2D eigenvalue weighted by Gasteiger charge is -2.36. The van der Waals surface area contributed by atoms with Crippen molar-refractivity contribution in [1.82, 2.24) is 0 Å². The highest BCUT2D eigenvalue weighted by Gasteiger charge is 2.31. The molecule has 0 aliphatic heterocycles. The minimum Gasteiger partial charge on any atom is -0.497 e. The van der Waals surface area contributed by atoms with Crippen LogP contribution in [0.2, 0.25) is 0 Å². The molecule has 0 spiro atoms.